The van der Waals surface area contributed by atoms with Gasteiger partial charge in [0.15, 0.2) is 11.0 Å². The molecule has 4 aromatic rings. The molecule has 31 heavy (non-hydrogen) atoms. The largest absolute Gasteiger partial charge is 0.335 e. The van der Waals surface area contributed by atoms with E-state index in [1.54, 1.807) is 18.2 Å². The van der Waals surface area contributed by atoms with Crippen molar-refractivity contribution in [3.8, 4) is 22.6 Å². The third kappa shape index (κ3) is 4.75. The number of nitrogen functional groups attached to an aromatic ring is 1. The van der Waals surface area contributed by atoms with Crippen molar-refractivity contribution in [1.82, 2.24) is 19.9 Å². The Kier molecular flexibility index (Phi) is 6.28. The van der Waals surface area contributed by atoms with Crippen LogP contribution in [0.25, 0.3) is 22.6 Å². The third-order valence-electron chi connectivity index (χ3n) is 4.52. The van der Waals surface area contributed by atoms with Crippen LogP contribution in [0.4, 0.5) is 9.52 Å². The summed E-state index contributed by atoms with van der Waals surface area (Å²) in [6.45, 7) is 2.11. The van der Waals surface area contributed by atoms with Gasteiger partial charge in [0.2, 0.25) is 11.1 Å². The number of benzene rings is 2. The summed E-state index contributed by atoms with van der Waals surface area (Å²) in [5, 5.41) is 13.4. The molecule has 2 aromatic carbocycles. The zero-order chi connectivity index (χ0) is 21.8. The number of hydrogen-bond donors (Lipinski definition) is 2. The smallest absolute Gasteiger partial charge is 0.236 e. The Hall–Kier alpha value is -3.24. The average Bonchev–Trinajstić information content (AvgIpc) is 3.39. The van der Waals surface area contributed by atoms with Crippen molar-refractivity contribution in [2.75, 3.05) is 16.9 Å². The monoisotopic (exact) mass is 454 g/mol. The van der Waals surface area contributed by atoms with Crippen LogP contribution in [0, 0.1) is 5.82 Å². The van der Waals surface area contributed by atoms with Gasteiger partial charge in [0.05, 0.1) is 17.0 Å². The highest BCUT2D eigenvalue weighted by atomic mass is 32.2. The van der Waals surface area contributed by atoms with Gasteiger partial charge in [-0.3, -0.25) is 4.79 Å². The van der Waals surface area contributed by atoms with E-state index in [2.05, 4.69) is 39.6 Å². The van der Waals surface area contributed by atoms with Gasteiger partial charge in [0, 0.05) is 10.9 Å². The number of nitrogens with one attached hydrogen (secondary N) is 1. The number of nitrogens with two attached hydrogens (primary N) is 1. The molecule has 0 saturated heterocycles. The summed E-state index contributed by atoms with van der Waals surface area (Å²) in [7, 11) is 0. The minimum absolute atomic E-state index is 0.0622. The first-order valence-electron chi connectivity index (χ1n) is 9.48. The molecule has 2 aromatic heterocycles. The van der Waals surface area contributed by atoms with Gasteiger partial charge in [0.1, 0.15) is 5.82 Å². The highest BCUT2D eigenvalue weighted by Crippen LogP contribution is 2.26. The molecule has 10 heteroatoms. The van der Waals surface area contributed by atoms with Crippen LogP contribution in [0.1, 0.15) is 12.5 Å². The number of aromatic nitrogens is 4. The van der Waals surface area contributed by atoms with Crippen molar-refractivity contribution < 1.29 is 9.18 Å². The Balaban J connectivity index is 1.37. The number of amides is 1. The maximum atomic E-state index is 14.0. The lowest BCUT2D eigenvalue weighted by molar-refractivity contribution is -0.113. The highest BCUT2D eigenvalue weighted by Gasteiger charge is 2.17. The molecule has 1 amide bonds. The van der Waals surface area contributed by atoms with Crippen molar-refractivity contribution in [1.29, 1.82) is 0 Å². The molecule has 0 aliphatic heterocycles. The normalized spacial score (nSPS) is 10.9. The second kappa shape index (κ2) is 9.27. The molecule has 2 heterocycles. The quantitative estimate of drug-likeness (QED) is 0.321. The van der Waals surface area contributed by atoms with Crippen LogP contribution in [0.15, 0.2) is 59.1 Å². The summed E-state index contributed by atoms with van der Waals surface area (Å²) in [5.74, 6) is 5.56. The lowest BCUT2D eigenvalue weighted by atomic mass is 10.1. The van der Waals surface area contributed by atoms with Gasteiger partial charge in [-0.05, 0) is 24.1 Å². The topological polar surface area (TPSA) is 98.7 Å². The first kappa shape index (κ1) is 21.0. The molecular weight excluding hydrogens is 435 g/mol. The number of rotatable bonds is 7. The summed E-state index contributed by atoms with van der Waals surface area (Å²) >= 11 is 2.47. The zero-order valence-electron chi connectivity index (χ0n) is 16.6. The Labute approximate surface area is 186 Å². The zero-order valence-corrected chi connectivity index (χ0v) is 18.2. The average molecular weight is 455 g/mol. The molecule has 0 spiro atoms. The molecule has 0 radical (unpaired) electrons. The van der Waals surface area contributed by atoms with Gasteiger partial charge in [-0.15, -0.1) is 21.5 Å². The van der Waals surface area contributed by atoms with Crippen LogP contribution >= 0.6 is 23.1 Å². The van der Waals surface area contributed by atoms with Crippen molar-refractivity contribution >= 4 is 34.1 Å². The first-order valence-corrected chi connectivity index (χ1v) is 11.3. The Bertz CT molecular complexity index is 1200. The first-order chi connectivity index (χ1) is 15.0. The van der Waals surface area contributed by atoms with Crippen LogP contribution in [0.5, 0.6) is 0 Å². The van der Waals surface area contributed by atoms with E-state index in [4.69, 9.17) is 5.84 Å². The maximum absolute atomic E-state index is 14.0. The number of thiazole rings is 1. The maximum Gasteiger partial charge on any atom is 0.236 e. The molecule has 3 N–H and O–H groups in total. The van der Waals surface area contributed by atoms with Crippen LogP contribution in [0.3, 0.4) is 0 Å². The van der Waals surface area contributed by atoms with E-state index in [0.29, 0.717) is 10.3 Å². The van der Waals surface area contributed by atoms with E-state index in [1.165, 1.54) is 27.6 Å². The minimum atomic E-state index is -0.445. The molecule has 0 bridgehead atoms. The van der Waals surface area contributed by atoms with Crippen molar-refractivity contribution in [2.45, 2.75) is 18.5 Å². The number of hydrogen-bond acceptors (Lipinski definition) is 7. The molecule has 7 nitrogen and oxygen atoms in total. The van der Waals surface area contributed by atoms with Gasteiger partial charge >= 0.3 is 0 Å². The number of carbonyl (C=O) groups is 1. The van der Waals surface area contributed by atoms with Crippen molar-refractivity contribution in [3.63, 3.8) is 0 Å². The fourth-order valence-electron chi connectivity index (χ4n) is 2.86. The van der Waals surface area contributed by atoms with Crippen molar-refractivity contribution in [3.05, 3.63) is 65.3 Å². The minimum Gasteiger partial charge on any atom is -0.335 e. The van der Waals surface area contributed by atoms with Crippen molar-refractivity contribution in [2.24, 2.45) is 0 Å². The second-order valence-corrected chi connectivity index (χ2v) is 8.38. The Morgan fingerprint density at radius 2 is 1.97 bits per heavy atom. The molecule has 0 saturated carbocycles. The molecular formula is C21H19FN6OS2. The van der Waals surface area contributed by atoms with E-state index in [9.17, 15) is 9.18 Å². The lowest BCUT2D eigenvalue weighted by Crippen LogP contribution is -2.16. The fourth-order valence-corrected chi connectivity index (χ4v) is 4.25. The summed E-state index contributed by atoms with van der Waals surface area (Å²) in [6.07, 6.45) is 0.981. The third-order valence-corrected chi connectivity index (χ3v) is 6.22. The lowest BCUT2D eigenvalue weighted by Gasteiger charge is -2.04. The number of anilines is 1. The van der Waals surface area contributed by atoms with E-state index in [1.807, 2.05) is 17.5 Å². The number of aryl methyl sites for hydroxylation is 1. The van der Waals surface area contributed by atoms with Crippen LogP contribution < -0.4 is 11.2 Å². The van der Waals surface area contributed by atoms with E-state index in [0.717, 1.165) is 29.4 Å². The molecule has 0 unspecified atom stereocenters. The molecule has 158 valence electrons. The van der Waals surface area contributed by atoms with Crippen LogP contribution in [-0.2, 0) is 11.2 Å². The molecule has 0 aliphatic carbocycles. The number of thioether (sulfide) groups is 1. The standard InChI is InChI=1S/C21H19FN6OS2/c1-2-13-7-9-14(10-8-13)17-11-30-20(24-17)25-18(29)12-31-21-27-26-19(28(21)23)15-5-3-4-6-16(15)22/h3-11H,2,12,23H2,1H3,(H,24,25,29). The number of carbonyl (C=O) groups excluding carboxylic acids is 1. The molecule has 0 fully saturated rings. The summed E-state index contributed by atoms with van der Waals surface area (Å²) in [5.41, 5.74) is 3.32. The van der Waals surface area contributed by atoms with E-state index >= 15 is 0 Å². The van der Waals surface area contributed by atoms with Gasteiger partial charge < -0.3 is 11.2 Å². The number of nitrogens with zero attached hydrogens (tertiary/aromatic N) is 4. The fraction of sp³-hybridized carbons (Fsp3) is 0.143. The van der Waals surface area contributed by atoms with E-state index < -0.39 is 5.82 Å². The number of halogens is 1. The summed E-state index contributed by atoms with van der Waals surface area (Å²) < 4.78 is 15.1. The van der Waals surface area contributed by atoms with Crippen LogP contribution in [-0.4, -0.2) is 31.5 Å². The Morgan fingerprint density at radius 1 is 1.19 bits per heavy atom. The second-order valence-electron chi connectivity index (χ2n) is 6.58. The molecule has 0 aliphatic rings. The molecule has 4 rings (SSSR count). The summed E-state index contributed by atoms with van der Waals surface area (Å²) in [4.78, 5) is 16.8. The predicted molar refractivity (Wildman–Crippen MR) is 122 cm³/mol. The molecule has 0 atom stereocenters. The Morgan fingerprint density at radius 3 is 2.71 bits per heavy atom. The van der Waals surface area contributed by atoms with Gasteiger partial charge in [0.25, 0.3) is 0 Å². The van der Waals surface area contributed by atoms with Gasteiger partial charge in [-0.25, -0.2) is 14.1 Å². The van der Waals surface area contributed by atoms with Gasteiger partial charge in [-0.2, -0.15) is 0 Å². The highest BCUT2D eigenvalue weighted by molar-refractivity contribution is 7.99. The van der Waals surface area contributed by atoms with Gasteiger partial charge in [-0.1, -0.05) is 55.1 Å². The van der Waals surface area contributed by atoms with Crippen LogP contribution in [0.2, 0.25) is 0 Å². The van der Waals surface area contributed by atoms with E-state index in [-0.39, 0.29) is 23.0 Å². The predicted octanol–water partition coefficient (Wildman–Crippen LogP) is 4.21. The SMILES string of the molecule is CCc1ccc(-c2csc(NC(=O)CSc3nnc(-c4ccccc4F)n3N)n2)cc1. The summed E-state index contributed by atoms with van der Waals surface area (Å²) in [6, 6.07) is 14.4.